The van der Waals surface area contributed by atoms with Gasteiger partial charge in [-0.05, 0) is 38.8 Å². The number of carbonyl (C=O) groups excluding carboxylic acids is 2. The van der Waals surface area contributed by atoms with Crippen LogP contribution in [0, 0.1) is 0 Å². The lowest BCUT2D eigenvalue weighted by Crippen LogP contribution is -2.46. The molecule has 7 heteroatoms. The van der Waals surface area contributed by atoms with E-state index in [9.17, 15) is 9.59 Å². The van der Waals surface area contributed by atoms with Gasteiger partial charge in [0.2, 0.25) is 0 Å². The number of carbonyl (C=O) groups is 2. The number of likely N-dealkylation sites (N-methyl/N-ethyl adjacent to an activating group) is 2. The number of benzene rings is 2. The Morgan fingerprint density at radius 3 is 1.26 bits per heavy atom. The average Bonchev–Trinajstić information content (AvgIpc) is 3.39. The highest BCUT2D eigenvalue weighted by molar-refractivity contribution is 7.17. The van der Waals surface area contributed by atoms with Gasteiger partial charge in [0, 0.05) is 11.1 Å². The van der Waals surface area contributed by atoms with Gasteiger partial charge < -0.3 is 18.4 Å². The number of thiophene rings is 1. The summed E-state index contributed by atoms with van der Waals surface area (Å²) >= 11 is 1.17. The zero-order valence-corrected chi connectivity index (χ0v) is 25.2. The minimum atomic E-state index is -0.407. The average molecular weight is 553 g/mol. The third-order valence-electron chi connectivity index (χ3n) is 8.19. The third-order valence-corrected chi connectivity index (χ3v) is 9.34. The Labute approximate surface area is 238 Å². The summed E-state index contributed by atoms with van der Waals surface area (Å²) in [4.78, 5) is 28.0. The molecule has 3 rings (SSSR count). The van der Waals surface area contributed by atoms with Crippen molar-refractivity contribution >= 4 is 23.3 Å². The van der Waals surface area contributed by atoms with E-state index in [1.54, 1.807) is 0 Å². The van der Waals surface area contributed by atoms with Gasteiger partial charge in [-0.15, -0.1) is 11.3 Å². The molecular weight excluding hydrogens is 508 g/mol. The molecule has 0 fully saturated rings. The summed E-state index contributed by atoms with van der Waals surface area (Å²) in [6, 6.07) is 19.5. The minimum absolute atomic E-state index is 0.314. The SMILES string of the molecule is CC[N+](C)(CC)CCOC(=O)c1sc(C(=O)OCC[N+](C)(CC)CC)c(-c2ccccc2)c1-c1ccccc1. The van der Waals surface area contributed by atoms with E-state index in [1.165, 1.54) is 11.3 Å². The fourth-order valence-corrected chi connectivity index (χ4v) is 5.54. The minimum Gasteiger partial charge on any atom is -0.455 e. The lowest BCUT2D eigenvalue weighted by Gasteiger charge is -2.31. The highest BCUT2D eigenvalue weighted by Crippen LogP contribution is 2.44. The standard InChI is InChI=1S/C32H44N2O4S/c1-7-33(5,8-2)21-23-37-31(35)29-27(25-17-13-11-14-18-25)28(26-19-15-12-16-20-26)30(39-29)32(36)38-24-22-34(6,9-3)10-4/h11-20H,7-10,21-24H2,1-6H3/q+2. The van der Waals surface area contributed by atoms with Crippen molar-refractivity contribution in [2.45, 2.75) is 27.7 Å². The van der Waals surface area contributed by atoms with Crippen molar-refractivity contribution < 1.29 is 28.0 Å². The van der Waals surface area contributed by atoms with E-state index in [2.05, 4.69) is 41.8 Å². The van der Waals surface area contributed by atoms with Crippen molar-refractivity contribution in [1.29, 1.82) is 0 Å². The van der Waals surface area contributed by atoms with Crippen LogP contribution >= 0.6 is 11.3 Å². The Morgan fingerprint density at radius 2 is 0.949 bits per heavy atom. The van der Waals surface area contributed by atoms with Gasteiger partial charge in [-0.25, -0.2) is 9.59 Å². The number of nitrogens with zero attached hydrogens (tertiary/aromatic N) is 2. The van der Waals surface area contributed by atoms with E-state index in [0.717, 1.165) is 70.5 Å². The summed E-state index contributed by atoms with van der Waals surface area (Å²) in [7, 11) is 4.33. The van der Waals surface area contributed by atoms with Crippen molar-refractivity contribution in [3.63, 3.8) is 0 Å². The summed E-state index contributed by atoms with van der Waals surface area (Å²) in [5, 5.41) is 0. The van der Waals surface area contributed by atoms with Gasteiger partial charge in [0.1, 0.15) is 36.1 Å². The molecule has 6 nitrogen and oxygen atoms in total. The highest BCUT2D eigenvalue weighted by atomic mass is 32.1. The first kappa shape index (κ1) is 30.5. The topological polar surface area (TPSA) is 52.6 Å². The number of hydrogen-bond acceptors (Lipinski definition) is 5. The van der Waals surface area contributed by atoms with Crippen molar-refractivity contribution in [3.05, 3.63) is 70.4 Å². The molecule has 0 amide bonds. The summed E-state index contributed by atoms with van der Waals surface area (Å²) in [5.41, 5.74) is 3.16. The van der Waals surface area contributed by atoms with Crippen LogP contribution in [0.25, 0.3) is 22.3 Å². The quantitative estimate of drug-likeness (QED) is 0.172. The third kappa shape index (κ3) is 7.56. The first-order chi connectivity index (χ1) is 18.7. The molecule has 0 aliphatic rings. The molecule has 0 spiro atoms. The number of rotatable bonds is 14. The Balaban J connectivity index is 2.03. The number of esters is 2. The lowest BCUT2D eigenvalue weighted by molar-refractivity contribution is -0.906. The monoisotopic (exact) mass is 552 g/mol. The predicted molar refractivity (Wildman–Crippen MR) is 160 cm³/mol. The van der Waals surface area contributed by atoms with Crippen LogP contribution in [-0.4, -0.2) is 87.5 Å². The molecule has 0 bridgehead atoms. The van der Waals surface area contributed by atoms with Crippen LogP contribution in [0.4, 0.5) is 0 Å². The van der Waals surface area contributed by atoms with Gasteiger partial charge in [0.25, 0.3) is 0 Å². The maximum absolute atomic E-state index is 13.6. The summed E-state index contributed by atoms with van der Waals surface area (Å²) in [5.74, 6) is -0.815. The first-order valence-corrected chi connectivity index (χ1v) is 14.8. The molecule has 1 heterocycles. The molecule has 2 aromatic carbocycles. The number of hydrogen-bond donors (Lipinski definition) is 0. The van der Waals surface area contributed by atoms with Gasteiger partial charge in [-0.1, -0.05) is 60.7 Å². The van der Waals surface area contributed by atoms with Crippen molar-refractivity contribution in [2.24, 2.45) is 0 Å². The van der Waals surface area contributed by atoms with Gasteiger partial charge in [0.15, 0.2) is 0 Å². The van der Waals surface area contributed by atoms with Crippen LogP contribution in [0.2, 0.25) is 0 Å². The van der Waals surface area contributed by atoms with Gasteiger partial charge in [0.05, 0.1) is 40.3 Å². The Kier molecular flexibility index (Phi) is 10.9. The highest BCUT2D eigenvalue weighted by Gasteiger charge is 2.30. The smallest absolute Gasteiger partial charge is 0.349 e. The number of quaternary nitrogens is 2. The van der Waals surface area contributed by atoms with Gasteiger partial charge >= 0.3 is 11.9 Å². The van der Waals surface area contributed by atoms with E-state index in [-0.39, 0.29) is 0 Å². The Bertz CT molecular complexity index is 1120. The van der Waals surface area contributed by atoms with E-state index in [1.807, 2.05) is 60.7 Å². The van der Waals surface area contributed by atoms with Crippen LogP contribution in [0.5, 0.6) is 0 Å². The molecular formula is C32H44N2O4S+2. The van der Waals surface area contributed by atoms with E-state index < -0.39 is 11.9 Å². The second kappa shape index (κ2) is 13.9. The van der Waals surface area contributed by atoms with Gasteiger partial charge in [-0.3, -0.25) is 0 Å². The predicted octanol–water partition coefficient (Wildman–Crippen LogP) is 6.37. The van der Waals surface area contributed by atoms with Crippen molar-refractivity contribution in [1.82, 2.24) is 0 Å². The van der Waals surface area contributed by atoms with Crippen LogP contribution in [0.3, 0.4) is 0 Å². The van der Waals surface area contributed by atoms with E-state index in [4.69, 9.17) is 9.47 Å². The Hall–Kier alpha value is -3.00. The fraction of sp³-hybridized carbons (Fsp3) is 0.438. The fourth-order valence-electron chi connectivity index (χ4n) is 4.41. The second-order valence-electron chi connectivity index (χ2n) is 10.5. The normalized spacial score (nSPS) is 11.8. The van der Waals surface area contributed by atoms with Gasteiger partial charge in [-0.2, -0.15) is 0 Å². The largest absolute Gasteiger partial charge is 0.455 e. The molecule has 0 atom stereocenters. The maximum atomic E-state index is 13.6. The molecule has 39 heavy (non-hydrogen) atoms. The Morgan fingerprint density at radius 1 is 0.615 bits per heavy atom. The molecule has 0 radical (unpaired) electrons. The summed E-state index contributed by atoms with van der Waals surface area (Å²) in [6.07, 6.45) is 0. The van der Waals surface area contributed by atoms with Crippen LogP contribution < -0.4 is 0 Å². The maximum Gasteiger partial charge on any atom is 0.349 e. The van der Waals surface area contributed by atoms with Crippen LogP contribution in [-0.2, 0) is 9.47 Å². The molecule has 0 unspecified atom stereocenters. The number of ether oxygens (including phenoxy) is 2. The molecule has 1 aromatic heterocycles. The molecule has 3 aromatic rings. The molecule has 0 aliphatic heterocycles. The summed E-state index contributed by atoms with van der Waals surface area (Å²) < 4.78 is 13.3. The molecule has 0 saturated carbocycles. The van der Waals surface area contributed by atoms with Crippen LogP contribution in [0.1, 0.15) is 47.0 Å². The van der Waals surface area contributed by atoms with Crippen LogP contribution in [0.15, 0.2) is 60.7 Å². The molecule has 0 aliphatic carbocycles. The first-order valence-electron chi connectivity index (χ1n) is 14.0. The zero-order chi connectivity index (χ0) is 28.5. The van der Waals surface area contributed by atoms with Crippen molar-refractivity contribution in [2.75, 3.05) is 66.6 Å². The van der Waals surface area contributed by atoms with E-state index in [0.29, 0.717) is 23.0 Å². The molecule has 0 N–H and O–H groups in total. The summed E-state index contributed by atoms with van der Waals surface area (Å²) in [6.45, 7) is 14.5. The van der Waals surface area contributed by atoms with E-state index >= 15 is 0 Å². The second-order valence-corrected chi connectivity index (χ2v) is 11.5. The van der Waals surface area contributed by atoms with Crippen molar-refractivity contribution in [3.8, 4) is 22.3 Å². The molecule has 0 saturated heterocycles. The zero-order valence-electron chi connectivity index (χ0n) is 24.4. The lowest BCUT2D eigenvalue weighted by atomic mass is 9.94. The molecule has 210 valence electrons.